The van der Waals surface area contributed by atoms with Crippen LogP contribution in [0, 0.1) is 11.8 Å². The molecule has 0 aromatic heterocycles. The first-order chi connectivity index (χ1) is 9.48. The van der Waals surface area contributed by atoms with E-state index < -0.39 is 11.5 Å². The minimum atomic E-state index is -0.732. The highest BCUT2D eigenvalue weighted by Crippen LogP contribution is 2.41. The highest BCUT2D eigenvalue weighted by atomic mass is 16.4. The Kier molecular flexibility index (Phi) is 5.08. The molecule has 2 fully saturated rings. The fourth-order valence-corrected chi connectivity index (χ4v) is 3.67. The van der Waals surface area contributed by atoms with E-state index >= 15 is 0 Å². The SMILES string of the molecule is CCC1CCCN(CC(NC(C)C)(C(=O)O)C2CC2)C1. The summed E-state index contributed by atoms with van der Waals surface area (Å²) in [7, 11) is 0. The van der Waals surface area contributed by atoms with Gasteiger partial charge in [0.05, 0.1) is 0 Å². The summed E-state index contributed by atoms with van der Waals surface area (Å²) in [5.74, 6) is 0.394. The number of aliphatic carboxylic acids is 1. The molecule has 0 aromatic rings. The molecule has 4 heteroatoms. The molecule has 2 rings (SSSR count). The Hall–Kier alpha value is -0.610. The summed E-state index contributed by atoms with van der Waals surface area (Å²) in [6.45, 7) is 9.12. The van der Waals surface area contributed by atoms with Gasteiger partial charge in [0.1, 0.15) is 5.54 Å². The average Bonchev–Trinajstić information content (AvgIpc) is 3.21. The second kappa shape index (κ2) is 6.44. The van der Waals surface area contributed by atoms with Crippen LogP contribution in [0.25, 0.3) is 0 Å². The molecule has 0 spiro atoms. The third-order valence-corrected chi connectivity index (χ3v) is 4.86. The first-order valence-corrected chi connectivity index (χ1v) is 8.21. The molecule has 0 amide bonds. The minimum Gasteiger partial charge on any atom is -0.480 e. The lowest BCUT2D eigenvalue weighted by Gasteiger charge is -2.40. The topological polar surface area (TPSA) is 52.6 Å². The molecule has 2 aliphatic rings. The fourth-order valence-electron chi connectivity index (χ4n) is 3.67. The summed E-state index contributed by atoms with van der Waals surface area (Å²) < 4.78 is 0. The van der Waals surface area contributed by atoms with Crippen molar-refractivity contribution < 1.29 is 9.90 Å². The number of nitrogens with one attached hydrogen (secondary N) is 1. The zero-order valence-corrected chi connectivity index (χ0v) is 13.2. The van der Waals surface area contributed by atoms with E-state index in [2.05, 4.69) is 17.1 Å². The van der Waals surface area contributed by atoms with Gasteiger partial charge in [-0.2, -0.15) is 0 Å². The molecule has 2 N–H and O–H groups in total. The smallest absolute Gasteiger partial charge is 0.325 e. The largest absolute Gasteiger partial charge is 0.480 e. The van der Waals surface area contributed by atoms with Gasteiger partial charge in [0.25, 0.3) is 0 Å². The maximum absolute atomic E-state index is 12.0. The van der Waals surface area contributed by atoms with Crippen molar-refractivity contribution in [3.8, 4) is 0 Å². The van der Waals surface area contributed by atoms with Crippen LogP contribution in [0.15, 0.2) is 0 Å². The molecule has 2 unspecified atom stereocenters. The average molecular weight is 282 g/mol. The van der Waals surface area contributed by atoms with Crippen LogP contribution >= 0.6 is 0 Å². The zero-order valence-electron chi connectivity index (χ0n) is 13.2. The Labute approximate surface area is 122 Å². The quantitative estimate of drug-likeness (QED) is 0.752. The van der Waals surface area contributed by atoms with Gasteiger partial charge in [0.2, 0.25) is 0 Å². The van der Waals surface area contributed by atoms with E-state index in [1.54, 1.807) is 0 Å². The number of likely N-dealkylation sites (tertiary alicyclic amines) is 1. The molecular formula is C16H30N2O2. The number of carboxylic acid groups (broad SMARTS) is 1. The lowest BCUT2D eigenvalue weighted by atomic mass is 9.88. The number of carbonyl (C=O) groups is 1. The Balaban J connectivity index is 2.08. The van der Waals surface area contributed by atoms with Crippen molar-refractivity contribution in [2.75, 3.05) is 19.6 Å². The Morgan fingerprint density at radius 2 is 2.10 bits per heavy atom. The van der Waals surface area contributed by atoms with Crippen molar-refractivity contribution in [1.29, 1.82) is 0 Å². The number of piperidine rings is 1. The molecule has 0 aromatic carbocycles. The van der Waals surface area contributed by atoms with Gasteiger partial charge in [-0.05, 0) is 57.9 Å². The molecule has 20 heavy (non-hydrogen) atoms. The standard InChI is InChI=1S/C16H30N2O2/c1-4-13-6-5-9-18(10-13)11-16(15(19)20,14-7-8-14)17-12(2)3/h12-14,17H,4-11H2,1-3H3,(H,19,20). The van der Waals surface area contributed by atoms with Gasteiger partial charge in [-0.3, -0.25) is 10.1 Å². The van der Waals surface area contributed by atoms with E-state index in [0.29, 0.717) is 12.5 Å². The minimum absolute atomic E-state index is 0.207. The molecule has 2 atom stereocenters. The summed E-state index contributed by atoms with van der Waals surface area (Å²) in [5.41, 5.74) is -0.732. The van der Waals surface area contributed by atoms with Crippen LogP contribution in [-0.2, 0) is 4.79 Å². The summed E-state index contributed by atoms with van der Waals surface area (Å²) in [4.78, 5) is 14.4. The van der Waals surface area contributed by atoms with Crippen LogP contribution in [-0.4, -0.2) is 47.2 Å². The van der Waals surface area contributed by atoms with Crippen LogP contribution in [0.1, 0.15) is 52.9 Å². The first kappa shape index (κ1) is 15.8. The number of hydrogen-bond acceptors (Lipinski definition) is 3. The molecule has 0 radical (unpaired) electrons. The summed E-state index contributed by atoms with van der Waals surface area (Å²) in [6.07, 6.45) is 5.82. The van der Waals surface area contributed by atoms with Gasteiger partial charge in [0.15, 0.2) is 0 Å². The van der Waals surface area contributed by atoms with Gasteiger partial charge in [-0.25, -0.2) is 0 Å². The number of nitrogens with zero attached hydrogens (tertiary/aromatic N) is 1. The van der Waals surface area contributed by atoms with Crippen molar-refractivity contribution in [3.05, 3.63) is 0 Å². The second-order valence-electron chi connectivity index (χ2n) is 7.00. The van der Waals surface area contributed by atoms with Crippen molar-refractivity contribution in [3.63, 3.8) is 0 Å². The molecule has 1 aliphatic heterocycles. The molecule has 1 heterocycles. The third-order valence-electron chi connectivity index (χ3n) is 4.86. The van der Waals surface area contributed by atoms with Crippen molar-refractivity contribution in [1.82, 2.24) is 10.2 Å². The molecular weight excluding hydrogens is 252 g/mol. The van der Waals surface area contributed by atoms with Gasteiger partial charge in [-0.1, -0.05) is 13.3 Å². The normalized spacial score (nSPS) is 27.5. The number of carboxylic acids is 1. The zero-order chi connectivity index (χ0) is 14.8. The van der Waals surface area contributed by atoms with Gasteiger partial charge < -0.3 is 10.0 Å². The van der Waals surface area contributed by atoms with Gasteiger partial charge >= 0.3 is 5.97 Å². The van der Waals surface area contributed by atoms with Gasteiger partial charge in [0, 0.05) is 19.1 Å². The Morgan fingerprint density at radius 3 is 2.60 bits per heavy atom. The molecule has 1 saturated heterocycles. The number of hydrogen-bond donors (Lipinski definition) is 2. The van der Waals surface area contributed by atoms with E-state index in [0.717, 1.165) is 31.8 Å². The molecule has 1 saturated carbocycles. The maximum Gasteiger partial charge on any atom is 0.325 e. The molecule has 0 bridgehead atoms. The maximum atomic E-state index is 12.0. The van der Waals surface area contributed by atoms with Crippen LogP contribution in [0.5, 0.6) is 0 Å². The monoisotopic (exact) mass is 282 g/mol. The van der Waals surface area contributed by atoms with Crippen molar-refractivity contribution >= 4 is 5.97 Å². The lowest BCUT2D eigenvalue weighted by Crippen LogP contribution is -2.63. The Bertz CT molecular complexity index is 341. The second-order valence-corrected chi connectivity index (χ2v) is 7.00. The highest BCUT2D eigenvalue weighted by molar-refractivity contribution is 5.80. The predicted molar refractivity (Wildman–Crippen MR) is 80.8 cm³/mol. The summed E-state index contributed by atoms with van der Waals surface area (Å²) >= 11 is 0. The van der Waals surface area contributed by atoms with Crippen LogP contribution in [0.4, 0.5) is 0 Å². The van der Waals surface area contributed by atoms with E-state index in [1.807, 2.05) is 13.8 Å². The Morgan fingerprint density at radius 1 is 1.40 bits per heavy atom. The highest BCUT2D eigenvalue weighted by Gasteiger charge is 2.52. The summed E-state index contributed by atoms with van der Waals surface area (Å²) in [5, 5.41) is 13.2. The molecule has 116 valence electrons. The van der Waals surface area contributed by atoms with E-state index in [1.165, 1.54) is 19.3 Å². The van der Waals surface area contributed by atoms with E-state index in [4.69, 9.17) is 0 Å². The van der Waals surface area contributed by atoms with Crippen LogP contribution in [0.2, 0.25) is 0 Å². The predicted octanol–water partition coefficient (Wildman–Crippen LogP) is 2.34. The van der Waals surface area contributed by atoms with Crippen molar-refractivity contribution in [2.24, 2.45) is 11.8 Å². The van der Waals surface area contributed by atoms with E-state index in [-0.39, 0.29) is 6.04 Å². The van der Waals surface area contributed by atoms with Gasteiger partial charge in [-0.15, -0.1) is 0 Å². The van der Waals surface area contributed by atoms with Crippen LogP contribution < -0.4 is 5.32 Å². The third kappa shape index (κ3) is 3.53. The van der Waals surface area contributed by atoms with Crippen LogP contribution in [0.3, 0.4) is 0 Å². The number of rotatable bonds is 7. The molecule has 1 aliphatic carbocycles. The molecule has 4 nitrogen and oxygen atoms in total. The first-order valence-electron chi connectivity index (χ1n) is 8.21. The van der Waals surface area contributed by atoms with Crippen molar-refractivity contribution in [2.45, 2.75) is 64.5 Å². The fraction of sp³-hybridized carbons (Fsp3) is 0.938. The lowest BCUT2D eigenvalue weighted by molar-refractivity contribution is -0.147. The van der Waals surface area contributed by atoms with E-state index in [9.17, 15) is 9.90 Å². The summed E-state index contributed by atoms with van der Waals surface area (Å²) in [6, 6.07) is 0.207.